The molecule has 5 nitrogen and oxygen atoms in total. The summed E-state index contributed by atoms with van der Waals surface area (Å²) in [5, 5.41) is 17.4. The molecule has 0 aliphatic carbocycles. The number of rotatable bonds is 5. The maximum Gasteiger partial charge on any atom is 0.336 e. The van der Waals surface area contributed by atoms with E-state index in [4.69, 9.17) is 19.7 Å². The van der Waals surface area contributed by atoms with E-state index >= 15 is 0 Å². The molecule has 0 aliphatic rings. The Balaban J connectivity index is 2.60. The number of para-hydroxylation sites is 2. The zero-order valence-corrected chi connectivity index (χ0v) is 8.21. The molecular formula is C10H12O5. The first-order chi connectivity index (χ1) is 7.15. The standard InChI is InChI=1S/C10H12O5/c1-14-8-4-2-3-5-9(8)15-6-7(11)10(12)13/h2-5,7,11H,6H2,1H3,(H,12,13). The molecule has 1 aromatic rings. The van der Waals surface area contributed by atoms with Crippen molar-refractivity contribution in [1.29, 1.82) is 0 Å². The molecular weight excluding hydrogens is 200 g/mol. The van der Waals surface area contributed by atoms with Gasteiger partial charge < -0.3 is 19.7 Å². The smallest absolute Gasteiger partial charge is 0.336 e. The predicted molar refractivity (Wildman–Crippen MR) is 52.1 cm³/mol. The molecule has 5 heteroatoms. The fraction of sp³-hybridized carbons (Fsp3) is 0.300. The first-order valence-corrected chi connectivity index (χ1v) is 4.32. The minimum atomic E-state index is -1.53. The van der Waals surface area contributed by atoms with Gasteiger partial charge in [0.25, 0.3) is 0 Å². The molecule has 0 saturated heterocycles. The third-order valence-corrected chi connectivity index (χ3v) is 1.75. The molecule has 1 atom stereocenters. The topological polar surface area (TPSA) is 76.0 Å². The van der Waals surface area contributed by atoms with Gasteiger partial charge in [-0.3, -0.25) is 0 Å². The maximum atomic E-state index is 10.3. The third kappa shape index (κ3) is 3.14. The highest BCUT2D eigenvalue weighted by atomic mass is 16.5. The van der Waals surface area contributed by atoms with E-state index in [9.17, 15) is 4.79 Å². The lowest BCUT2D eigenvalue weighted by atomic mass is 10.3. The SMILES string of the molecule is COc1ccccc1OCC(O)C(=O)O. The molecule has 0 saturated carbocycles. The summed E-state index contributed by atoms with van der Waals surface area (Å²) in [6, 6.07) is 6.81. The Morgan fingerprint density at radius 1 is 1.40 bits per heavy atom. The van der Waals surface area contributed by atoms with Gasteiger partial charge in [0.1, 0.15) is 6.61 Å². The fourth-order valence-corrected chi connectivity index (χ4v) is 0.978. The quantitative estimate of drug-likeness (QED) is 0.744. The van der Waals surface area contributed by atoms with E-state index in [1.165, 1.54) is 7.11 Å². The molecule has 0 radical (unpaired) electrons. The lowest BCUT2D eigenvalue weighted by Crippen LogP contribution is -2.26. The Morgan fingerprint density at radius 2 is 2.00 bits per heavy atom. The number of aliphatic hydroxyl groups is 1. The second kappa shape index (κ2) is 5.21. The van der Waals surface area contributed by atoms with Crippen LogP contribution < -0.4 is 9.47 Å². The molecule has 0 heterocycles. The minimum absolute atomic E-state index is 0.310. The van der Waals surface area contributed by atoms with Crippen LogP contribution in [0.3, 0.4) is 0 Å². The van der Waals surface area contributed by atoms with E-state index in [1.54, 1.807) is 24.3 Å². The molecule has 82 valence electrons. The normalized spacial score (nSPS) is 11.9. The van der Waals surface area contributed by atoms with Crippen LogP contribution in [-0.4, -0.2) is 36.0 Å². The molecule has 2 N–H and O–H groups in total. The Bertz CT molecular complexity index is 336. The summed E-state index contributed by atoms with van der Waals surface area (Å²) >= 11 is 0. The number of hydrogen-bond donors (Lipinski definition) is 2. The van der Waals surface area contributed by atoms with Crippen LogP contribution in [0.25, 0.3) is 0 Å². The molecule has 0 amide bonds. The van der Waals surface area contributed by atoms with Gasteiger partial charge in [-0.1, -0.05) is 12.1 Å². The van der Waals surface area contributed by atoms with Crippen molar-refractivity contribution in [2.45, 2.75) is 6.10 Å². The van der Waals surface area contributed by atoms with E-state index in [-0.39, 0.29) is 6.61 Å². The fourth-order valence-electron chi connectivity index (χ4n) is 0.978. The largest absolute Gasteiger partial charge is 0.493 e. The third-order valence-electron chi connectivity index (χ3n) is 1.75. The van der Waals surface area contributed by atoms with Crippen LogP contribution in [0.1, 0.15) is 0 Å². The number of hydrogen-bond acceptors (Lipinski definition) is 4. The van der Waals surface area contributed by atoms with E-state index in [1.807, 2.05) is 0 Å². The minimum Gasteiger partial charge on any atom is -0.493 e. The number of aliphatic hydroxyl groups excluding tert-OH is 1. The number of ether oxygens (including phenoxy) is 2. The summed E-state index contributed by atoms with van der Waals surface area (Å²) in [5.41, 5.74) is 0. The van der Waals surface area contributed by atoms with Crippen molar-refractivity contribution in [2.75, 3.05) is 13.7 Å². The van der Waals surface area contributed by atoms with Crippen LogP contribution in [0.4, 0.5) is 0 Å². The van der Waals surface area contributed by atoms with Gasteiger partial charge in [0.2, 0.25) is 0 Å². The molecule has 0 aromatic heterocycles. The second-order valence-corrected chi connectivity index (χ2v) is 2.82. The molecule has 0 aliphatic heterocycles. The number of benzene rings is 1. The molecule has 15 heavy (non-hydrogen) atoms. The summed E-state index contributed by atoms with van der Waals surface area (Å²) in [6.45, 7) is -0.310. The van der Waals surface area contributed by atoms with Crippen molar-refractivity contribution in [3.8, 4) is 11.5 Å². The lowest BCUT2D eigenvalue weighted by Gasteiger charge is -2.11. The average molecular weight is 212 g/mol. The Morgan fingerprint density at radius 3 is 2.53 bits per heavy atom. The Kier molecular flexibility index (Phi) is 3.93. The van der Waals surface area contributed by atoms with Gasteiger partial charge in [-0.05, 0) is 12.1 Å². The van der Waals surface area contributed by atoms with Crippen LogP contribution in [0.2, 0.25) is 0 Å². The number of carbonyl (C=O) groups is 1. The number of carboxylic acids is 1. The zero-order valence-electron chi connectivity index (χ0n) is 8.21. The van der Waals surface area contributed by atoms with Gasteiger partial charge in [0.15, 0.2) is 17.6 Å². The highest BCUT2D eigenvalue weighted by Crippen LogP contribution is 2.25. The van der Waals surface area contributed by atoms with Gasteiger partial charge in [0, 0.05) is 0 Å². The van der Waals surface area contributed by atoms with Crippen molar-refractivity contribution in [1.82, 2.24) is 0 Å². The molecule has 0 fully saturated rings. The Labute approximate surface area is 86.9 Å². The monoisotopic (exact) mass is 212 g/mol. The highest BCUT2D eigenvalue weighted by molar-refractivity contribution is 5.72. The van der Waals surface area contributed by atoms with E-state index < -0.39 is 12.1 Å². The molecule has 1 aromatic carbocycles. The summed E-state index contributed by atoms with van der Waals surface area (Å²) in [4.78, 5) is 10.3. The van der Waals surface area contributed by atoms with Crippen LogP contribution >= 0.6 is 0 Å². The van der Waals surface area contributed by atoms with Crippen LogP contribution in [0.15, 0.2) is 24.3 Å². The van der Waals surface area contributed by atoms with Gasteiger partial charge in [0.05, 0.1) is 7.11 Å². The Hall–Kier alpha value is -1.75. The molecule has 0 spiro atoms. The highest BCUT2D eigenvalue weighted by Gasteiger charge is 2.14. The average Bonchev–Trinajstić information content (AvgIpc) is 2.26. The van der Waals surface area contributed by atoms with Crippen molar-refractivity contribution >= 4 is 5.97 Å². The van der Waals surface area contributed by atoms with Gasteiger partial charge in [-0.2, -0.15) is 0 Å². The van der Waals surface area contributed by atoms with Crippen LogP contribution in [0.5, 0.6) is 11.5 Å². The summed E-state index contributed by atoms with van der Waals surface area (Å²) in [7, 11) is 1.48. The lowest BCUT2D eigenvalue weighted by molar-refractivity contribution is -0.148. The van der Waals surface area contributed by atoms with Crippen molar-refractivity contribution in [3.05, 3.63) is 24.3 Å². The summed E-state index contributed by atoms with van der Waals surface area (Å²) in [5.74, 6) is -0.416. The zero-order chi connectivity index (χ0) is 11.3. The second-order valence-electron chi connectivity index (χ2n) is 2.82. The molecule has 0 bridgehead atoms. The number of methoxy groups -OCH3 is 1. The van der Waals surface area contributed by atoms with Crippen LogP contribution in [0, 0.1) is 0 Å². The van der Waals surface area contributed by atoms with E-state index in [0.717, 1.165) is 0 Å². The van der Waals surface area contributed by atoms with Crippen LogP contribution in [-0.2, 0) is 4.79 Å². The first-order valence-electron chi connectivity index (χ1n) is 4.32. The predicted octanol–water partition coefficient (Wildman–Crippen LogP) is 0.519. The maximum absolute atomic E-state index is 10.3. The number of carboxylic acid groups (broad SMARTS) is 1. The van der Waals surface area contributed by atoms with Gasteiger partial charge in [-0.25, -0.2) is 4.79 Å². The molecule has 1 unspecified atom stereocenters. The van der Waals surface area contributed by atoms with Gasteiger partial charge in [-0.15, -0.1) is 0 Å². The van der Waals surface area contributed by atoms with Crippen molar-refractivity contribution in [2.24, 2.45) is 0 Å². The first kappa shape index (κ1) is 11.3. The van der Waals surface area contributed by atoms with Crippen molar-refractivity contribution < 1.29 is 24.5 Å². The van der Waals surface area contributed by atoms with Crippen molar-refractivity contribution in [3.63, 3.8) is 0 Å². The van der Waals surface area contributed by atoms with E-state index in [0.29, 0.717) is 11.5 Å². The van der Waals surface area contributed by atoms with E-state index in [2.05, 4.69) is 0 Å². The van der Waals surface area contributed by atoms with Gasteiger partial charge >= 0.3 is 5.97 Å². The summed E-state index contributed by atoms with van der Waals surface area (Å²) < 4.78 is 10.1. The summed E-state index contributed by atoms with van der Waals surface area (Å²) in [6.07, 6.45) is -1.53. The number of aliphatic carboxylic acids is 1. The molecule has 1 rings (SSSR count).